The van der Waals surface area contributed by atoms with E-state index in [1.807, 2.05) is 13.8 Å². The molecule has 176 valence electrons. The van der Waals surface area contributed by atoms with Gasteiger partial charge in [-0.2, -0.15) is 0 Å². The van der Waals surface area contributed by atoms with Gasteiger partial charge in [0.05, 0.1) is 29.9 Å². The molecule has 12 heteroatoms. The number of aromatic nitrogens is 2. The molecule has 9 nitrogen and oxygen atoms in total. The zero-order valence-electron chi connectivity index (χ0n) is 18.5. The van der Waals surface area contributed by atoms with E-state index in [0.717, 1.165) is 6.26 Å². The Morgan fingerprint density at radius 2 is 1.85 bits per heavy atom. The smallest absolute Gasteiger partial charge is 0.550 e. The predicted octanol–water partition coefficient (Wildman–Crippen LogP) is 0.908. The topological polar surface area (TPSA) is 153 Å². The van der Waals surface area contributed by atoms with E-state index in [4.69, 9.17) is 0 Å². The van der Waals surface area contributed by atoms with Gasteiger partial charge in [0, 0.05) is 31.4 Å². The minimum atomic E-state index is -3.66. The number of anilines is 1. The van der Waals surface area contributed by atoms with Gasteiger partial charge in [0.25, 0.3) is 0 Å². The molecule has 0 radical (unpaired) electrons. The summed E-state index contributed by atoms with van der Waals surface area (Å²) >= 11 is 0. The van der Waals surface area contributed by atoms with Gasteiger partial charge >= 0.3 is 37.7 Å². The Bertz CT molecular complexity index is 1100. The molecule has 0 spiro atoms. The summed E-state index contributed by atoms with van der Waals surface area (Å²) in [6.07, 6.45) is 0.497. The average Bonchev–Trinajstić information content (AvgIpc) is 2.64. The van der Waals surface area contributed by atoms with Crippen LogP contribution in [-0.2, 0) is 14.8 Å². The van der Waals surface area contributed by atoms with Gasteiger partial charge in [0.15, 0.2) is 0 Å². The number of aliphatic hydroxyl groups is 2. The molecule has 0 unspecified atom stereocenters. The molecular formula is C21H27CaFN3O6S+. The second-order valence-corrected chi connectivity index (χ2v) is 9.37. The van der Waals surface area contributed by atoms with Crippen LogP contribution in [0.15, 0.2) is 30.3 Å². The van der Waals surface area contributed by atoms with Gasteiger partial charge in [0.1, 0.15) is 5.82 Å². The molecule has 0 aliphatic carbocycles. The molecule has 0 aliphatic heterocycles. The molecule has 0 aliphatic rings. The van der Waals surface area contributed by atoms with E-state index in [-0.39, 0.29) is 57.5 Å². The number of nitrogens with one attached hydrogen (secondary N) is 1. The maximum atomic E-state index is 13.4. The standard InChI is InChI=1S/C21H26FN3O6S.Ca.H2/c1-12(2)19-17(9-8-15(26)10-16(27)11-18(28)29)20(13-4-6-14(22)7-5-13)24-21(23-19)25-32(3,30)31;;/h4-9,12,15-16,26-27H,10-11H2,1-3H3,(H,28,29)(H,23,24,25);;1H/q;+2;/p-1/b9-8+;;/t15-,16-;;/m1../s1. The number of benzene rings is 1. The zero-order chi connectivity index (χ0) is 24.1. The van der Waals surface area contributed by atoms with Gasteiger partial charge < -0.3 is 20.1 Å². The third kappa shape index (κ3) is 9.63. The molecule has 0 bridgehead atoms. The minimum absolute atomic E-state index is 0. The number of carbonyl (C=O) groups excluding carboxylic acids is 1. The number of carbonyl (C=O) groups is 1. The first-order valence-corrected chi connectivity index (χ1v) is 11.6. The summed E-state index contributed by atoms with van der Waals surface area (Å²) in [7, 11) is -3.66. The Morgan fingerprint density at radius 1 is 1.24 bits per heavy atom. The van der Waals surface area contributed by atoms with Crippen molar-refractivity contribution in [1.29, 1.82) is 0 Å². The van der Waals surface area contributed by atoms with E-state index in [9.17, 15) is 32.9 Å². The van der Waals surface area contributed by atoms with Crippen LogP contribution in [0.5, 0.6) is 0 Å². The number of carboxylic acid groups (broad SMARTS) is 1. The second-order valence-electron chi connectivity index (χ2n) is 7.62. The summed E-state index contributed by atoms with van der Waals surface area (Å²) in [6, 6.07) is 5.41. The number of rotatable bonds is 10. The molecule has 2 rings (SSSR count). The van der Waals surface area contributed by atoms with Crippen LogP contribution in [0, 0.1) is 5.82 Å². The molecule has 0 saturated heterocycles. The average molecular weight is 509 g/mol. The summed E-state index contributed by atoms with van der Waals surface area (Å²) in [5.41, 5.74) is 1.70. The molecule has 3 N–H and O–H groups in total. The molecule has 0 amide bonds. The molecular weight excluding hydrogens is 481 g/mol. The number of hydrogen-bond acceptors (Lipinski definition) is 8. The summed E-state index contributed by atoms with van der Waals surface area (Å²) < 4.78 is 39.1. The van der Waals surface area contributed by atoms with Crippen LogP contribution in [0.1, 0.15) is 45.3 Å². The number of carboxylic acids is 1. The Morgan fingerprint density at radius 3 is 2.36 bits per heavy atom. The van der Waals surface area contributed by atoms with Gasteiger partial charge in [-0.3, -0.25) is 4.72 Å². The van der Waals surface area contributed by atoms with Gasteiger partial charge in [-0.25, -0.2) is 22.8 Å². The molecule has 2 aromatic rings. The molecule has 33 heavy (non-hydrogen) atoms. The van der Waals surface area contributed by atoms with E-state index < -0.39 is 40.4 Å². The number of aliphatic carboxylic acids is 1. The second kappa shape index (κ2) is 12.7. The Labute approximate surface area is 223 Å². The number of sulfonamides is 1. The fourth-order valence-corrected chi connectivity index (χ4v) is 3.39. The predicted molar refractivity (Wildman–Crippen MR) is 123 cm³/mol. The Hall–Kier alpha value is -1.63. The summed E-state index contributed by atoms with van der Waals surface area (Å²) in [5, 5.41) is 30.5. The third-order valence-electron chi connectivity index (χ3n) is 4.32. The van der Waals surface area contributed by atoms with E-state index in [1.165, 1.54) is 36.4 Å². The van der Waals surface area contributed by atoms with Crippen LogP contribution < -0.4 is 9.83 Å². The summed E-state index contributed by atoms with van der Waals surface area (Å²) in [5.74, 6) is -2.23. The summed E-state index contributed by atoms with van der Waals surface area (Å²) in [4.78, 5) is 19.2. The van der Waals surface area contributed by atoms with E-state index >= 15 is 0 Å². The van der Waals surface area contributed by atoms with Crippen molar-refractivity contribution in [2.45, 2.75) is 44.8 Å². The minimum Gasteiger partial charge on any atom is -0.550 e. The van der Waals surface area contributed by atoms with Gasteiger partial charge in [0.2, 0.25) is 16.0 Å². The van der Waals surface area contributed by atoms with Crippen LogP contribution in [0.2, 0.25) is 0 Å². The fraction of sp³-hybridized carbons (Fsp3) is 0.381. The third-order valence-corrected chi connectivity index (χ3v) is 4.87. The van der Waals surface area contributed by atoms with Crippen molar-refractivity contribution >= 4 is 65.8 Å². The number of hydrogen-bond donors (Lipinski definition) is 3. The number of nitrogens with zero attached hydrogens (tertiary/aromatic N) is 2. The van der Waals surface area contributed by atoms with Crippen LogP contribution in [0.25, 0.3) is 17.3 Å². The van der Waals surface area contributed by atoms with Crippen molar-refractivity contribution in [3.63, 3.8) is 0 Å². The van der Waals surface area contributed by atoms with Crippen molar-refractivity contribution < 1.29 is 34.3 Å². The maximum Gasteiger partial charge on any atom is 2.00 e. The first-order chi connectivity index (χ1) is 14.9. The van der Waals surface area contributed by atoms with Crippen molar-refractivity contribution in [3.8, 4) is 11.3 Å². The molecule has 0 saturated carbocycles. The van der Waals surface area contributed by atoms with Crippen molar-refractivity contribution in [2.75, 3.05) is 11.0 Å². The van der Waals surface area contributed by atoms with Crippen molar-refractivity contribution in [1.82, 2.24) is 9.97 Å². The van der Waals surface area contributed by atoms with E-state index in [1.54, 1.807) is 0 Å². The van der Waals surface area contributed by atoms with Crippen LogP contribution in [0.3, 0.4) is 0 Å². The first-order valence-electron chi connectivity index (χ1n) is 9.75. The van der Waals surface area contributed by atoms with Crippen LogP contribution in [-0.4, -0.2) is 90.8 Å². The fourth-order valence-electron chi connectivity index (χ4n) is 2.97. The van der Waals surface area contributed by atoms with Crippen LogP contribution >= 0.6 is 0 Å². The van der Waals surface area contributed by atoms with Crippen molar-refractivity contribution in [3.05, 3.63) is 47.4 Å². The zero-order valence-corrected chi connectivity index (χ0v) is 21.6. The van der Waals surface area contributed by atoms with Gasteiger partial charge in [-0.1, -0.05) is 26.0 Å². The van der Waals surface area contributed by atoms with E-state index in [2.05, 4.69) is 14.7 Å². The van der Waals surface area contributed by atoms with E-state index in [0.29, 0.717) is 22.5 Å². The normalized spacial score (nSPS) is 13.5. The largest absolute Gasteiger partial charge is 2.00 e. The molecule has 1 aromatic heterocycles. The molecule has 0 fully saturated rings. The Balaban J connectivity index is 0.00000544. The maximum absolute atomic E-state index is 13.4. The van der Waals surface area contributed by atoms with Gasteiger partial charge in [-0.05, 0) is 30.2 Å². The quantitative estimate of drug-likeness (QED) is 0.400. The number of halogens is 1. The number of aliphatic hydroxyl groups excluding tert-OH is 2. The summed E-state index contributed by atoms with van der Waals surface area (Å²) in [6.45, 7) is 3.66. The molecule has 1 heterocycles. The van der Waals surface area contributed by atoms with Gasteiger partial charge in [-0.15, -0.1) is 0 Å². The SMILES string of the molecule is CC(C)c1nc(NS(C)(=O)=O)nc(-c2ccc(F)cc2)c1/C=C/[C@@H](O)C[C@@H](O)CC(=O)[O-].[Ca+2].[HH]. The Kier molecular flexibility index (Phi) is 11.3. The molecule has 2 atom stereocenters. The first kappa shape index (κ1) is 29.4. The monoisotopic (exact) mass is 508 g/mol. The van der Waals surface area contributed by atoms with Crippen molar-refractivity contribution in [2.24, 2.45) is 0 Å². The molecule has 1 aromatic carbocycles. The van der Waals surface area contributed by atoms with Crippen LogP contribution in [0.4, 0.5) is 10.3 Å².